The molecule has 0 aliphatic carbocycles. The Kier molecular flexibility index (Phi) is 3.95. The van der Waals surface area contributed by atoms with Gasteiger partial charge < -0.3 is 5.73 Å². The molecule has 5 heteroatoms. The largest absolute Gasteiger partial charge is 0.390 e. The van der Waals surface area contributed by atoms with Gasteiger partial charge in [0, 0.05) is 10.4 Å². The summed E-state index contributed by atoms with van der Waals surface area (Å²) in [6.07, 6.45) is 0.865. The van der Waals surface area contributed by atoms with Gasteiger partial charge in [0.2, 0.25) is 0 Å². The number of ketones is 1. The molecule has 2 aromatic rings. The minimum atomic E-state index is -0.123. The van der Waals surface area contributed by atoms with Crippen LogP contribution >= 0.6 is 34.5 Å². The zero-order chi connectivity index (χ0) is 13.3. The summed E-state index contributed by atoms with van der Waals surface area (Å²) in [5, 5.41) is 1.34. The second-order valence-electron chi connectivity index (χ2n) is 3.80. The summed E-state index contributed by atoms with van der Waals surface area (Å²) in [6.45, 7) is 2.03. The summed E-state index contributed by atoms with van der Waals surface area (Å²) >= 11 is 13.2. The normalized spacial score (nSPS) is 10.6. The molecule has 2 N–H and O–H groups in total. The monoisotopic (exact) mass is 299 g/mol. The number of hydrogen-bond donors (Lipinski definition) is 1. The van der Waals surface area contributed by atoms with E-state index >= 15 is 0 Å². The molecular formula is C13H11Cl2NOS. The third kappa shape index (κ3) is 2.53. The first-order valence-electron chi connectivity index (χ1n) is 5.41. The van der Waals surface area contributed by atoms with Crippen molar-refractivity contribution < 1.29 is 4.79 Å². The second kappa shape index (κ2) is 5.31. The molecule has 0 bridgehead atoms. The molecule has 2 rings (SSSR count). The van der Waals surface area contributed by atoms with E-state index in [1.54, 1.807) is 18.2 Å². The molecule has 0 fully saturated rings. The van der Waals surface area contributed by atoms with Gasteiger partial charge in [-0.1, -0.05) is 30.1 Å². The van der Waals surface area contributed by atoms with Gasteiger partial charge in [-0.15, -0.1) is 11.3 Å². The van der Waals surface area contributed by atoms with Crippen molar-refractivity contribution >= 4 is 45.3 Å². The highest BCUT2D eigenvalue weighted by molar-refractivity contribution is 7.16. The number of thiophene rings is 1. The van der Waals surface area contributed by atoms with Crippen LogP contribution < -0.4 is 5.73 Å². The van der Waals surface area contributed by atoms with Crippen LogP contribution in [0.1, 0.15) is 27.7 Å². The predicted molar refractivity (Wildman–Crippen MR) is 78.0 cm³/mol. The molecule has 0 radical (unpaired) electrons. The van der Waals surface area contributed by atoms with E-state index in [1.807, 2.05) is 13.0 Å². The summed E-state index contributed by atoms with van der Waals surface area (Å²) in [4.78, 5) is 13.4. The molecule has 0 saturated carbocycles. The Labute approximate surface area is 119 Å². The number of anilines is 1. The molecular weight excluding hydrogens is 289 g/mol. The third-order valence-electron chi connectivity index (χ3n) is 2.59. The van der Waals surface area contributed by atoms with Gasteiger partial charge >= 0.3 is 0 Å². The number of nitrogen functional groups attached to an aromatic ring is 1. The first-order chi connectivity index (χ1) is 8.52. The molecule has 94 valence electrons. The molecule has 1 aromatic heterocycles. The fourth-order valence-corrected chi connectivity index (χ4v) is 2.77. The molecule has 0 aliphatic rings. The molecule has 1 aromatic carbocycles. The van der Waals surface area contributed by atoms with Crippen LogP contribution in [0.5, 0.6) is 0 Å². The molecule has 1 heterocycles. The van der Waals surface area contributed by atoms with E-state index < -0.39 is 0 Å². The molecule has 0 unspecified atom stereocenters. The van der Waals surface area contributed by atoms with Gasteiger partial charge in [0.25, 0.3) is 0 Å². The van der Waals surface area contributed by atoms with E-state index in [-0.39, 0.29) is 5.78 Å². The van der Waals surface area contributed by atoms with Gasteiger partial charge in [0.15, 0.2) is 5.78 Å². The number of nitrogens with two attached hydrogens (primary N) is 1. The maximum absolute atomic E-state index is 12.3. The summed E-state index contributed by atoms with van der Waals surface area (Å²) in [5.41, 5.74) is 6.90. The lowest BCUT2D eigenvalue weighted by Crippen LogP contribution is -2.02. The summed E-state index contributed by atoms with van der Waals surface area (Å²) in [6, 6.07) is 6.67. The highest BCUT2D eigenvalue weighted by Crippen LogP contribution is 2.29. The smallest absolute Gasteiger partial charge is 0.196 e. The minimum Gasteiger partial charge on any atom is -0.390 e. The Morgan fingerprint density at radius 2 is 2.00 bits per heavy atom. The number of carbonyl (C=O) groups excluding carboxylic acids is 1. The predicted octanol–water partition coefficient (Wildman–Crippen LogP) is 4.43. The van der Waals surface area contributed by atoms with Crippen LogP contribution in [0.15, 0.2) is 24.3 Å². The first kappa shape index (κ1) is 13.4. The standard InChI is InChI=1S/C13H11Cl2NOS/c1-2-8-6-9(13(16)18-8)12(17)7-3-4-10(14)11(15)5-7/h3-6H,2,16H2,1H3. The number of rotatable bonds is 3. The Hall–Kier alpha value is -1.03. The average molecular weight is 300 g/mol. The summed E-state index contributed by atoms with van der Waals surface area (Å²) in [7, 11) is 0. The molecule has 0 saturated heterocycles. The van der Waals surface area contributed by atoms with E-state index in [0.717, 1.165) is 11.3 Å². The third-order valence-corrected chi connectivity index (χ3v) is 4.43. The molecule has 0 atom stereocenters. The average Bonchev–Trinajstić information content (AvgIpc) is 2.73. The van der Waals surface area contributed by atoms with E-state index in [2.05, 4.69) is 0 Å². The van der Waals surface area contributed by atoms with Crippen molar-refractivity contribution in [3.63, 3.8) is 0 Å². The van der Waals surface area contributed by atoms with Crippen LogP contribution in [-0.2, 0) is 6.42 Å². The lowest BCUT2D eigenvalue weighted by molar-refractivity contribution is 0.104. The Morgan fingerprint density at radius 1 is 1.28 bits per heavy atom. The quantitative estimate of drug-likeness (QED) is 0.852. The van der Waals surface area contributed by atoms with Crippen molar-refractivity contribution in [2.45, 2.75) is 13.3 Å². The van der Waals surface area contributed by atoms with Gasteiger partial charge in [-0.2, -0.15) is 0 Å². The highest BCUT2D eigenvalue weighted by atomic mass is 35.5. The zero-order valence-electron chi connectivity index (χ0n) is 9.67. The van der Waals surface area contributed by atoms with Crippen molar-refractivity contribution in [2.24, 2.45) is 0 Å². The van der Waals surface area contributed by atoms with Crippen molar-refractivity contribution in [1.29, 1.82) is 0 Å². The van der Waals surface area contributed by atoms with Gasteiger partial charge in [0.05, 0.1) is 20.6 Å². The number of aryl methyl sites for hydroxylation is 1. The van der Waals surface area contributed by atoms with E-state index in [9.17, 15) is 4.79 Å². The van der Waals surface area contributed by atoms with Crippen LogP contribution in [0.4, 0.5) is 5.00 Å². The fraction of sp³-hybridized carbons (Fsp3) is 0.154. The summed E-state index contributed by atoms with van der Waals surface area (Å²) in [5.74, 6) is -0.123. The Balaban J connectivity index is 2.41. The van der Waals surface area contributed by atoms with Crippen LogP contribution in [0.2, 0.25) is 10.0 Å². The SMILES string of the molecule is CCc1cc(C(=O)c2ccc(Cl)c(Cl)c2)c(N)s1. The second-order valence-corrected chi connectivity index (χ2v) is 5.78. The van der Waals surface area contributed by atoms with E-state index in [1.165, 1.54) is 11.3 Å². The first-order valence-corrected chi connectivity index (χ1v) is 6.98. The highest BCUT2D eigenvalue weighted by Gasteiger charge is 2.16. The zero-order valence-corrected chi connectivity index (χ0v) is 12.0. The summed E-state index contributed by atoms with van der Waals surface area (Å²) < 4.78 is 0. The van der Waals surface area contributed by atoms with Gasteiger partial charge in [-0.05, 0) is 30.7 Å². The lowest BCUT2D eigenvalue weighted by Gasteiger charge is -2.02. The van der Waals surface area contributed by atoms with Crippen molar-refractivity contribution in [1.82, 2.24) is 0 Å². The molecule has 0 aliphatic heterocycles. The van der Waals surface area contributed by atoms with Gasteiger partial charge in [0.1, 0.15) is 0 Å². The number of halogens is 2. The van der Waals surface area contributed by atoms with Crippen LogP contribution in [0, 0.1) is 0 Å². The molecule has 0 spiro atoms. The van der Waals surface area contributed by atoms with Gasteiger partial charge in [-0.25, -0.2) is 0 Å². The number of benzene rings is 1. The van der Waals surface area contributed by atoms with Crippen LogP contribution in [0.3, 0.4) is 0 Å². The maximum atomic E-state index is 12.3. The van der Waals surface area contributed by atoms with Crippen LogP contribution in [-0.4, -0.2) is 5.78 Å². The van der Waals surface area contributed by atoms with Crippen LogP contribution in [0.25, 0.3) is 0 Å². The number of hydrogen-bond acceptors (Lipinski definition) is 3. The Bertz CT molecular complexity index is 607. The Morgan fingerprint density at radius 3 is 2.56 bits per heavy atom. The molecule has 18 heavy (non-hydrogen) atoms. The van der Waals surface area contributed by atoms with E-state index in [4.69, 9.17) is 28.9 Å². The van der Waals surface area contributed by atoms with Gasteiger partial charge in [-0.3, -0.25) is 4.79 Å². The maximum Gasteiger partial charge on any atom is 0.196 e. The van der Waals surface area contributed by atoms with Crippen molar-refractivity contribution in [3.8, 4) is 0 Å². The lowest BCUT2D eigenvalue weighted by atomic mass is 10.1. The topological polar surface area (TPSA) is 43.1 Å². The molecule has 2 nitrogen and oxygen atoms in total. The van der Waals surface area contributed by atoms with E-state index in [0.29, 0.717) is 26.2 Å². The van der Waals surface area contributed by atoms with Crippen molar-refractivity contribution in [2.75, 3.05) is 5.73 Å². The number of carbonyl (C=O) groups is 1. The minimum absolute atomic E-state index is 0.123. The molecule has 0 amide bonds. The van der Waals surface area contributed by atoms with Crippen molar-refractivity contribution in [3.05, 3.63) is 50.3 Å². The fourth-order valence-electron chi connectivity index (χ4n) is 1.60.